The monoisotopic (exact) mass is 338 g/mol. The summed E-state index contributed by atoms with van der Waals surface area (Å²) in [6, 6.07) is 15.7. The molecule has 0 fully saturated rings. The third-order valence-electron chi connectivity index (χ3n) is 3.23. The third kappa shape index (κ3) is 5.78. The average Bonchev–Trinajstić information content (AvgIpc) is 2.59. The number of rotatable bonds is 9. The van der Waals surface area contributed by atoms with Crippen molar-refractivity contribution in [3.8, 4) is 11.5 Å². The highest BCUT2D eigenvalue weighted by molar-refractivity contribution is 6.17. The van der Waals surface area contributed by atoms with Gasteiger partial charge >= 0.3 is 0 Å². The van der Waals surface area contributed by atoms with Gasteiger partial charge in [0.05, 0.1) is 13.2 Å². The molecule has 2 aromatic carbocycles. The largest absolute Gasteiger partial charge is 0.494 e. The quantitative estimate of drug-likeness (QED) is 0.450. The van der Waals surface area contributed by atoms with E-state index in [9.17, 15) is 0 Å². The van der Waals surface area contributed by atoms with Gasteiger partial charge in [0.2, 0.25) is 0 Å². The zero-order chi connectivity index (χ0) is 15.6. The van der Waals surface area contributed by atoms with Gasteiger partial charge < -0.3 is 9.47 Å². The second-order valence-electron chi connectivity index (χ2n) is 4.96. The smallest absolute Gasteiger partial charge is 0.119 e. The molecule has 0 saturated carbocycles. The maximum atomic E-state index is 5.75. The van der Waals surface area contributed by atoms with Crippen LogP contribution in [0.2, 0.25) is 0 Å². The van der Waals surface area contributed by atoms with Crippen LogP contribution in [0.15, 0.2) is 48.5 Å². The molecule has 22 heavy (non-hydrogen) atoms. The lowest BCUT2D eigenvalue weighted by atomic mass is 10.2. The van der Waals surface area contributed by atoms with Crippen molar-refractivity contribution >= 4 is 23.2 Å². The molecule has 0 aliphatic carbocycles. The normalized spacial score (nSPS) is 10.5. The lowest BCUT2D eigenvalue weighted by Crippen LogP contribution is -2.02. The first-order chi connectivity index (χ1) is 10.8. The Morgan fingerprint density at radius 2 is 0.955 bits per heavy atom. The SMILES string of the molecule is ClCc1ccc(OCCCCOc2ccc(CCl)cc2)cc1. The highest BCUT2D eigenvalue weighted by Gasteiger charge is 1.97. The van der Waals surface area contributed by atoms with Gasteiger partial charge in [-0.1, -0.05) is 24.3 Å². The van der Waals surface area contributed by atoms with Gasteiger partial charge in [-0.05, 0) is 48.2 Å². The van der Waals surface area contributed by atoms with Crippen LogP contribution in [0.1, 0.15) is 24.0 Å². The van der Waals surface area contributed by atoms with Crippen LogP contribution in [0, 0.1) is 0 Å². The van der Waals surface area contributed by atoms with E-state index in [1.165, 1.54) is 0 Å². The summed E-state index contributed by atoms with van der Waals surface area (Å²) in [5.74, 6) is 2.82. The van der Waals surface area contributed by atoms with Crippen molar-refractivity contribution in [2.45, 2.75) is 24.6 Å². The Bertz CT molecular complexity index is 487. The van der Waals surface area contributed by atoms with Crippen LogP contribution in [0.25, 0.3) is 0 Å². The van der Waals surface area contributed by atoms with Crippen molar-refractivity contribution in [3.63, 3.8) is 0 Å². The second-order valence-corrected chi connectivity index (χ2v) is 5.49. The van der Waals surface area contributed by atoms with Crippen molar-refractivity contribution in [2.75, 3.05) is 13.2 Å². The number of hydrogen-bond donors (Lipinski definition) is 0. The summed E-state index contributed by atoms with van der Waals surface area (Å²) in [6.45, 7) is 1.38. The molecule has 2 rings (SSSR count). The molecule has 0 aromatic heterocycles. The van der Waals surface area contributed by atoms with Crippen LogP contribution in [0.5, 0.6) is 11.5 Å². The average molecular weight is 339 g/mol. The van der Waals surface area contributed by atoms with E-state index >= 15 is 0 Å². The van der Waals surface area contributed by atoms with Gasteiger partial charge in [0.1, 0.15) is 11.5 Å². The summed E-state index contributed by atoms with van der Waals surface area (Å²) < 4.78 is 11.3. The summed E-state index contributed by atoms with van der Waals surface area (Å²) in [5.41, 5.74) is 2.20. The highest BCUT2D eigenvalue weighted by atomic mass is 35.5. The Balaban J connectivity index is 1.58. The summed E-state index contributed by atoms with van der Waals surface area (Å²) in [6.07, 6.45) is 1.91. The molecule has 4 heteroatoms. The van der Waals surface area contributed by atoms with E-state index < -0.39 is 0 Å². The molecule has 0 aliphatic rings. The molecule has 0 heterocycles. The molecular formula is C18H20Cl2O2. The summed E-state index contributed by atoms with van der Waals surface area (Å²) >= 11 is 11.5. The maximum absolute atomic E-state index is 5.75. The van der Waals surface area contributed by atoms with E-state index in [0.29, 0.717) is 25.0 Å². The minimum absolute atomic E-state index is 0.531. The molecular weight excluding hydrogens is 319 g/mol. The van der Waals surface area contributed by atoms with Gasteiger partial charge in [-0.3, -0.25) is 0 Å². The van der Waals surface area contributed by atoms with E-state index in [0.717, 1.165) is 35.5 Å². The fraction of sp³-hybridized carbons (Fsp3) is 0.333. The van der Waals surface area contributed by atoms with Crippen LogP contribution >= 0.6 is 23.2 Å². The van der Waals surface area contributed by atoms with E-state index in [4.69, 9.17) is 32.7 Å². The topological polar surface area (TPSA) is 18.5 Å². The molecule has 0 aliphatic heterocycles. The summed E-state index contributed by atoms with van der Waals surface area (Å²) in [7, 11) is 0. The highest BCUT2D eigenvalue weighted by Crippen LogP contribution is 2.15. The van der Waals surface area contributed by atoms with Crippen molar-refractivity contribution in [1.29, 1.82) is 0 Å². The molecule has 0 N–H and O–H groups in total. The Hall–Kier alpha value is -1.38. The first-order valence-electron chi connectivity index (χ1n) is 7.37. The van der Waals surface area contributed by atoms with Crippen LogP contribution in [-0.2, 0) is 11.8 Å². The van der Waals surface area contributed by atoms with Gasteiger partial charge in [0.25, 0.3) is 0 Å². The number of hydrogen-bond acceptors (Lipinski definition) is 2. The van der Waals surface area contributed by atoms with Gasteiger partial charge in [-0.15, -0.1) is 23.2 Å². The maximum Gasteiger partial charge on any atom is 0.119 e. The lowest BCUT2D eigenvalue weighted by Gasteiger charge is -2.08. The van der Waals surface area contributed by atoms with Crippen molar-refractivity contribution in [2.24, 2.45) is 0 Å². The molecule has 0 bridgehead atoms. The molecule has 0 radical (unpaired) electrons. The Kier molecular flexibility index (Phi) is 7.41. The van der Waals surface area contributed by atoms with Crippen molar-refractivity contribution in [3.05, 3.63) is 59.7 Å². The second kappa shape index (κ2) is 9.60. The zero-order valence-electron chi connectivity index (χ0n) is 12.4. The third-order valence-corrected chi connectivity index (χ3v) is 3.85. The summed E-state index contributed by atoms with van der Waals surface area (Å²) in [5, 5.41) is 0. The van der Waals surface area contributed by atoms with E-state index in [2.05, 4.69) is 0 Å². The number of ether oxygens (including phenoxy) is 2. The molecule has 0 saturated heterocycles. The fourth-order valence-electron chi connectivity index (χ4n) is 1.93. The standard InChI is InChI=1S/C18H20Cl2O2/c19-13-15-3-7-17(8-4-15)21-11-1-2-12-22-18-9-5-16(14-20)6-10-18/h3-10H,1-2,11-14H2. The van der Waals surface area contributed by atoms with Gasteiger partial charge in [-0.25, -0.2) is 0 Å². The predicted molar refractivity (Wildman–Crippen MR) is 92.2 cm³/mol. The predicted octanol–water partition coefficient (Wildman–Crippen LogP) is 5.40. The number of unbranched alkanes of at least 4 members (excludes halogenated alkanes) is 1. The van der Waals surface area contributed by atoms with E-state index in [-0.39, 0.29) is 0 Å². The van der Waals surface area contributed by atoms with Crippen LogP contribution in [0.4, 0.5) is 0 Å². The minimum atomic E-state index is 0.531. The van der Waals surface area contributed by atoms with Gasteiger partial charge in [0, 0.05) is 11.8 Å². The molecule has 0 spiro atoms. The first-order valence-corrected chi connectivity index (χ1v) is 8.44. The van der Waals surface area contributed by atoms with Gasteiger partial charge in [-0.2, -0.15) is 0 Å². The van der Waals surface area contributed by atoms with E-state index in [1.807, 2.05) is 48.5 Å². The van der Waals surface area contributed by atoms with Crippen LogP contribution in [0.3, 0.4) is 0 Å². The number of benzene rings is 2. The van der Waals surface area contributed by atoms with Crippen LogP contribution in [-0.4, -0.2) is 13.2 Å². The molecule has 0 atom stereocenters. The number of alkyl halides is 2. The van der Waals surface area contributed by atoms with Crippen molar-refractivity contribution < 1.29 is 9.47 Å². The zero-order valence-corrected chi connectivity index (χ0v) is 13.9. The molecule has 118 valence electrons. The summed E-state index contributed by atoms with van der Waals surface area (Å²) in [4.78, 5) is 0. The Morgan fingerprint density at radius 1 is 0.591 bits per heavy atom. The van der Waals surface area contributed by atoms with Crippen LogP contribution < -0.4 is 9.47 Å². The molecule has 2 aromatic rings. The first kappa shape index (κ1) is 17.0. The Morgan fingerprint density at radius 3 is 1.27 bits per heavy atom. The number of halogens is 2. The van der Waals surface area contributed by atoms with E-state index in [1.54, 1.807) is 0 Å². The van der Waals surface area contributed by atoms with Crippen molar-refractivity contribution in [1.82, 2.24) is 0 Å². The molecule has 0 amide bonds. The Labute approximate surface area is 142 Å². The lowest BCUT2D eigenvalue weighted by molar-refractivity contribution is 0.266. The minimum Gasteiger partial charge on any atom is -0.494 e. The molecule has 0 unspecified atom stereocenters. The van der Waals surface area contributed by atoms with Gasteiger partial charge in [0.15, 0.2) is 0 Å². The fourth-order valence-corrected chi connectivity index (χ4v) is 2.29. The molecule has 2 nitrogen and oxygen atoms in total.